The normalized spacial score (nSPS) is 11.5. The molecule has 0 atom stereocenters. The molecule has 3 rings (SSSR count). The molecule has 98 valence electrons. The first-order valence-electron chi connectivity index (χ1n) is 6.78. The van der Waals surface area contributed by atoms with Gasteiger partial charge in [0.25, 0.3) is 5.82 Å². The number of benzene rings is 1. The van der Waals surface area contributed by atoms with E-state index in [0.29, 0.717) is 0 Å². The Kier molecular flexibility index (Phi) is 3.17. The summed E-state index contributed by atoms with van der Waals surface area (Å²) in [7, 11) is 0. The molecule has 0 radical (unpaired) electrons. The second-order valence-electron chi connectivity index (χ2n) is 4.78. The zero-order valence-corrected chi connectivity index (χ0v) is 11.3. The van der Waals surface area contributed by atoms with E-state index in [1.165, 1.54) is 12.8 Å². The van der Waals surface area contributed by atoms with Gasteiger partial charge in [-0.1, -0.05) is 25.5 Å². The molecular formula is C15H18N3O+. The Hall–Kier alpha value is -1.94. The van der Waals surface area contributed by atoms with Gasteiger partial charge in [-0.3, -0.25) is 5.32 Å². The van der Waals surface area contributed by atoms with Crippen molar-refractivity contribution in [3.63, 3.8) is 0 Å². The standard InChI is InChI=1S/C15H17N3O/c1-3-4-9-16-15-14-13(17-10(2)18-15)11-7-5-6-8-12(11)19-14/h5-8H,3-4,9H2,1-2H3,(H,16,17,18)/p+1. The van der Waals surface area contributed by atoms with Gasteiger partial charge < -0.3 is 4.42 Å². The van der Waals surface area contributed by atoms with Crippen molar-refractivity contribution in [1.82, 2.24) is 9.97 Å². The van der Waals surface area contributed by atoms with Gasteiger partial charge in [-0.15, -0.1) is 0 Å². The van der Waals surface area contributed by atoms with Crippen molar-refractivity contribution >= 4 is 27.9 Å². The molecule has 0 amide bonds. The first-order chi connectivity index (χ1) is 9.29. The van der Waals surface area contributed by atoms with Crippen LogP contribution in [0.5, 0.6) is 0 Å². The predicted molar refractivity (Wildman–Crippen MR) is 75.4 cm³/mol. The Bertz CT molecular complexity index is 718. The van der Waals surface area contributed by atoms with Crippen LogP contribution < -0.4 is 5.32 Å². The minimum Gasteiger partial charge on any atom is -0.446 e. The van der Waals surface area contributed by atoms with Gasteiger partial charge in [0.15, 0.2) is 0 Å². The number of nitrogens with zero attached hydrogens (tertiary/aromatic N) is 2. The molecular weight excluding hydrogens is 238 g/mol. The van der Waals surface area contributed by atoms with Crippen molar-refractivity contribution in [2.24, 2.45) is 0 Å². The minimum absolute atomic E-state index is 0.793. The molecule has 0 spiro atoms. The molecule has 4 nitrogen and oxygen atoms in total. The molecule has 0 aliphatic heterocycles. The number of unbranched alkanes of at least 4 members (excludes halogenated alkanes) is 1. The highest BCUT2D eigenvalue weighted by molar-refractivity contribution is 6.04. The summed E-state index contributed by atoms with van der Waals surface area (Å²) >= 11 is 0. The second-order valence-corrected chi connectivity index (χ2v) is 4.78. The first kappa shape index (κ1) is 12.1. The average molecular weight is 256 g/mol. The van der Waals surface area contributed by atoms with Crippen LogP contribution in [0.4, 0.5) is 5.82 Å². The Balaban J connectivity index is 2.15. The monoisotopic (exact) mass is 256 g/mol. The summed E-state index contributed by atoms with van der Waals surface area (Å²) in [5.41, 5.74) is 2.61. The highest BCUT2D eigenvalue weighted by atomic mass is 16.3. The molecule has 2 heterocycles. The van der Waals surface area contributed by atoms with E-state index in [4.69, 9.17) is 4.42 Å². The van der Waals surface area contributed by atoms with Crippen molar-refractivity contribution in [2.75, 3.05) is 6.54 Å². The third-order valence-electron chi connectivity index (χ3n) is 3.25. The Morgan fingerprint density at radius 3 is 2.89 bits per heavy atom. The van der Waals surface area contributed by atoms with Gasteiger partial charge >= 0.3 is 0 Å². The fraction of sp³-hybridized carbons (Fsp3) is 0.333. The van der Waals surface area contributed by atoms with Gasteiger partial charge in [-0.05, 0) is 25.5 Å². The smallest absolute Gasteiger partial charge is 0.272 e. The van der Waals surface area contributed by atoms with Crippen molar-refractivity contribution in [3.8, 4) is 0 Å². The number of nitrogens with two attached hydrogens (primary N) is 1. The Morgan fingerprint density at radius 2 is 2.05 bits per heavy atom. The zero-order valence-electron chi connectivity index (χ0n) is 11.3. The van der Waals surface area contributed by atoms with E-state index < -0.39 is 0 Å². The lowest BCUT2D eigenvalue weighted by Gasteiger charge is -2.00. The van der Waals surface area contributed by atoms with Gasteiger partial charge in [-0.2, -0.15) is 4.98 Å². The fourth-order valence-corrected chi connectivity index (χ4v) is 2.31. The number of hydrogen-bond acceptors (Lipinski definition) is 3. The maximum Gasteiger partial charge on any atom is 0.272 e. The third-order valence-corrected chi connectivity index (χ3v) is 3.25. The zero-order chi connectivity index (χ0) is 13.2. The summed E-state index contributed by atoms with van der Waals surface area (Å²) in [4.78, 5) is 9.04. The van der Waals surface area contributed by atoms with Crippen molar-refractivity contribution in [1.29, 1.82) is 0 Å². The Labute approximate surface area is 111 Å². The molecule has 0 saturated carbocycles. The summed E-state index contributed by atoms with van der Waals surface area (Å²) < 4.78 is 5.91. The predicted octanol–water partition coefficient (Wildman–Crippen LogP) is 2.68. The number of hydrogen-bond donors (Lipinski definition) is 1. The number of aryl methyl sites for hydroxylation is 1. The summed E-state index contributed by atoms with van der Waals surface area (Å²) in [6.45, 7) is 5.15. The molecule has 0 aliphatic carbocycles. The topological polar surface area (TPSA) is 55.5 Å². The van der Waals surface area contributed by atoms with E-state index >= 15 is 0 Å². The van der Waals surface area contributed by atoms with Crippen LogP contribution in [-0.2, 0) is 0 Å². The minimum atomic E-state index is 0.793. The fourth-order valence-electron chi connectivity index (χ4n) is 2.31. The van der Waals surface area contributed by atoms with E-state index in [9.17, 15) is 0 Å². The van der Waals surface area contributed by atoms with Crippen LogP contribution in [0.15, 0.2) is 28.7 Å². The maximum absolute atomic E-state index is 5.91. The first-order valence-corrected chi connectivity index (χ1v) is 6.78. The molecule has 0 fully saturated rings. The molecule has 0 unspecified atom stereocenters. The molecule has 0 bridgehead atoms. The average Bonchev–Trinajstić information content (AvgIpc) is 2.78. The number of furan rings is 1. The van der Waals surface area contributed by atoms with Gasteiger partial charge in [-0.25, -0.2) is 4.98 Å². The van der Waals surface area contributed by atoms with E-state index in [-0.39, 0.29) is 0 Å². The molecule has 0 saturated heterocycles. The quantitative estimate of drug-likeness (QED) is 0.730. The van der Waals surface area contributed by atoms with Crippen LogP contribution in [0.25, 0.3) is 22.1 Å². The van der Waals surface area contributed by atoms with Crippen LogP contribution in [0.2, 0.25) is 0 Å². The summed E-state index contributed by atoms with van der Waals surface area (Å²) in [6.07, 6.45) is 2.36. The molecule has 4 heteroatoms. The van der Waals surface area contributed by atoms with Gasteiger partial charge in [0.2, 0.25) is 5.58 Å². The van der Waals surface area contributed by atoms with Gasteiger partial charge in [0.05, 0.1) is 6.54 Å². The van der Waals surface area contributed by atoms with E-state index in [1.54, 1.807) is 0 Å². The van der Waals surface area contributed by atoms with Crippen molar-refractivity contribution < 1.29 is 9.73 Å². The van der Waals surface area contributed by atoms with Gasteiger partial charge in [0, 0.05) is 5.39 Å². The second kappa shape index (κ2) is 4.97. The molecule has 1 aromatic carbocycles. The Morgan fingerprint density at radius 1 is 1.21 bits per heavy atom. The van der Waals surface area contributed by atoms with Crippen LogP contribution in [0, 0.1) is 6.92 Å². The molecule has 3 aromatic rings. The summed E-state index contributed by atoms with van der Waals surface area (Å²) in [5, 5.41) is 3.22. The van der Waals surface area contributed by atoms with Crippen LogP contribution in [-0.4, -0.2) is 16.5 Å². The lowest BCUT2D eigenvalue weighted by Crippen LogP contribution is -2.78. The SMILES string of the molecule is CCCC[NH2+]c1nc(C)nc2c1oc1ccccc12. The highest BCUT2D eigenvalue weighted by Crippen LogP contribution is 2.29. The molecule has 19 heavy (non-hydrogen) atoms. The number of para-hydroxylation sites is 1. The highest BCUT2D eigenvalue weighted by Gasteiger charge is 2.16. The summed E-state index contributed by atoms with van der Waals surface area (Å²) in [6, 6.07) is 8.01. The number of fused-ring (bicyclic) bond motifs is 3. The summed E-state index contributed by atoms with van der Waals surface area (Å²) in [5.74, 6) is 1.72. The van der Waals surface area contributed by atoms with Crippen molar-refractivity contribution in [2.45, 2.75) is 26.7 Å². The van der Waals surface area contributed by atoms with Crippen molar-refractivity contribution in [3.05, 3.63) is 30.1 Å². The molecule has 0 aliphatic rings. The number of quaternary nitrogens is 1. The van der Waals surface area contributed by atoms with E-state index in [0.717, 1.165) is 40.3 Å². The maximum atomic E-state index is 5.91. The van der Waals surface area contributed by atoms with Crippen LogP contribution in [0.3, 0.4) is 0 Å². The lowest BCUT2D eigenvalue weighted by molar-refractivity contribution is -0.574. The van der Waals surface area contributed by atoms with Crippen LogP contribution >= 0.6 is 0 Å². The van der Waals surface area contributed by atoms with E-state index in [1.807, 2.05) is 31.2 Å². The number of aromatic nitrogens is 2. The molecule has 2 N–H and O–H groups in total. The van der Waals surface area contributed by atoms with Gasteiger partial charge in [0.1, 0.15) is 16.9 Å². The molecule has 2 aromatic heterocycles. The number of rotatable bonds is 4. The van der Waals surface area contributed by atoms with Crippen LogP contribution in [0.1, 0.15) is 25.6 Å². The largest absolute Gasteiger partial charge is 0.446 e. The third kappa shape index (κ3) is 2.19. The lowest BCUT2D eigenvalue weighted by atomic mass is 10.2. The van der Waals surface area contributed by atoms with E-state index in [2.05, 4.69) is 22.2 Å².